The van der Waals surface area contributed by atoms with E-state index in [9.17, 15) is 0 Å². The van der Waals surface area contributed by atoms with Crippen molar-refractivity contribution >= 4 is 11.6 Å². The molecule has 0 bridgehead atoms. The molecule has 1 aliphatic carbocycles. The normalized spacial score (nSPS) is 23.1. The van der Waals surface area contributed by atoms with E-state index in [1.807, 2.05) is 6.07 Å². The topological polar surface area (TPSA) is 64.3 Å². The molecule has 2 heterocycles. The minimum Gasteiger partial charge on any atom is -0.378 e. The number of aromatic nitrogens is 4. The second kappa shape index (κ2) is 5.13. The summed E-state index contributed by atoms with van der Waals surface area (Å²) in [4.78, 5) is 8.56. The Labute approximate surface area is 112 Å². The van der Waals surface area contributed by atoms with Gasteiger partial charge in [-0.3, -0.25) is 0 Å². The second-order valence-electron chi connectivity index (χ2n) is 5.30. The van der Waals surface area contributed by atoms with Crippen LogP contribution in [0.15, 0.2) is 12.4 Å². The SMILES string of the molecule is COCc1cc(NC2CCC(C)C2)n2ncnc2n1. The van der Waals surface area contributed by atoms with E-state index in [0.29, 0.717) is 18.4 Å². The first-order chi connectivity index (χ1) is 9.26. The zero-order chi connectivity index (χ0) is 13.2. The van der Waals surface area contributed by atoms with E-state index in [-0.39, 0.29) is 0 Å². The molecule has 0 radical (unpaired) electrons. The lowest BCUT2D eigenvalue weighted by atomic mass is 10.1. The highest BCUT2D eigenvalue weighted by Crippen LogP contribution is 2.27. The fourth-order valence-corrected chi connectivity index (χ4v) is 2.73. The molecule has 1 N–H and O–H groups in total. The van der Waals surface area contributed by atoms with Crippen LogP contribution in [0.25, 0.3) is 5.78 Å². The Morgan fingerprint density at radius 1 is 1.47 bits per heavy atom. The highest BCUT2D eigenvalue weighted by molar-refractivity contribution is 5.45. The molecular formula is C13H19N5O. The molecular weight excluding hydrogens is 242 g/mol. The molecule has 1 fully saturated rings. The number of ether oxygens (including phenoxy) is 1. The molecule has 0 aliphatic heterocycles. The molecule has 2 unspecified atom stereocenters. The molecule has 0 spiro atoms. The lowest BCUT2D eigenvalue weighted by Gasteiger charge is -2.15. The Bertz CT molecular complexity index is 567. The Kier molecular flexibility index (Phi) is 3.33. The summed E-state index contributed by atoms with van der Waals surface area (Å²) in [5.74, 6) is 2.36. The van der Waals surface area contributed by atoms with Crippen LogP contribution in [0.3, 0.4) is 0 Å². The van der Waals surface area contributed by atoms with Gasteiger partial charge in [0.1, 0.15) is 12.1 Å². The number of hydrogen-bond donors (Lipinski definition) is 1. The van der Waals surface area contributed by atoms with Crippen molar-refractivity contribution in [3.63, 3.8) is 0 Å². The predicted molar refractivity (Wildman–Crippen MR) is 71.9 cm³/mol. The summed E-state index contributed by atoms with van der Waals surface area (Å²) in [6.07, 6.45) is 5.23. The molecule has 1 aliphatic rings. The molecule has 102 valence electrons. The van der Waals surface area contributed by atoms with Crippen LogP contribution in [-0.4, -0.2) is 32.7 Å². The molecule has 0 aromatic carbocycles. The Hall–Kier alpha value is -1.69. The van der Waals surface area contributed by atoms with Gasteiger partial charge in [0.15, 0.2) is 0 Å². The van der Waals surface area contributed by atoms with E-state index in [1.165, 1.54) is 25.6 Å². The summed E-state index contributed by atoms with van der Waals surface area (Å²) >= 11 is 0. The third kappa shape index (κ3) is 2.53. The minimum atomic E-state index is 0.485. The van der Waals surface area contributed by atoms with Gasteiger partial charge < -0.3 is 10.1 Å². The first-order valence-corrected chi connectivity index (χ1v) is 6.71. The average Bonchev–Trinajstić information content (AvgIpc) is 2.99. The van der Waals surface area contributed by atoms with Crippen LogP contribution < -0.4 is 5.32 Å². The summed E-state index contributed by atoms with van der Waals surface area (Å²) in [6, 6.07) is 2.51. The lowest BCUT2D eigenvalue weighted by molar-refractivity contribution is 0.181. The van der Waals surface area contributed by atoms with Gasteiger partial charge in [-0.15, -0.1) is 0 Å². The largest absolute Gasteiger partial charge is 0.378 e. The summed E-state index contributed by atoms with van der Waals surface area (Å²) in [5.41, 5.74) is 0.872. The summed E-state index contributed by atoms with van der Waals surface area (Å²) < 4.78 is 6.90. The van der Waals surface area contributed by atoms with Crippen molar-refractivity contribution in [1.29, 1.82) is 0 Å². The smallest absolute Gasteiger partial charge is 0.254 e. The summed E-state index contributed by atoms with van der Waals surface area (Å²) in [6.45, 7) is 2.79. The predicted octanol–water partition coefficient (Wildman–Crippen LogP) is 1.87. The average molecular weight is 261 g/mol. The first kappa shape index (κ1) is 12.3. The maximum Gasteiger partial charge on any atom is 0.254 e. The second-order valence-corrected chi connectivity index (χ2v) is 5.30. The molecule has 3 rings (SSSR count). The van der Waals surface area contributed by atoms with Gasteiger partial charge in [0, 0.05) is 19.2 Å². The zero-order valence-corrected chi connectivity index (χ0v) is 11.3. The lowest BCUT2D eigenvalue weighted by Crippen LogP contribution is -2.18. The molecule has 2 aromatic heterocycles. The molecule has 2 atom stereocenters. The third-order valence-electron chi connectivity index (χ3n) is 3.64. The summed E-state index contributed by atoms with van der Waals surface area (Å²) in [7, 11) is 1.67. The van der Waals surface area contributed by atoms with E-state index in [0.717, 1.165) is 17.4 Å². The highest BCUT2D eigenvalue weighted by Gasteiger charge is 2.22. The van der Waals surface area contributed by atoms with Crippen LogP contribution in [0.5, 0.6) is 0 Å². The van der Waals surface area contributed by atoms with Gasteiger partial charge >= 0.3 is 0 Å². The fourth-order valence-electron chi connectivity index (χ4n) is 2.73. The molecule has 19 heavy (non-hydrogen) atoms. The van der Waals surface area contributed by atoms with Gasteiger partial charge in [0.2, 0.25) is 0 Å². The van der Waals surface area contributed by atoms with E-state index < -0.39 is 0 Å². The van der Waals surface area contributed by atoms with Crippen LogP contribution >= 0.6 is 0 Å². The van der Waals surface area contributed by atoms with Gasteiger partial charge in [-0.2, -0.15) is 14.6 Å². The number of nitrogens with zero attached hydrogens (tertiary/aromatic N) is 4. The number of hydrogen-bond acceptors (Lipinski definition) is 5. The van der Waals surface area contributed by atoms with Crippen molar-refractivity contribution in [2.45, 2.75) is 38.8 Å². The van der Waals surface area contributed by atoms with Gasteiger partial charge in [-0.1, -0.05) is 6.92 Å². The van der Waals surface area contributed by atoms with Crippen LogP contribution in [0.1, 0.15) is 31.9 Å². The fraction of sp³-hybridized carbons (Fsp3) is 0.615. The Morgan fingerprint density at radius 2 is 2.37 bits per heavy atom. The zero-order valence-electron chi connectivity index (χ0n) is 11.3. The Morgan fingerprint density at radius 3 is 3.11 bits per heavy atom. The number of rotatable bonds is 4. The Balaban J connectivity index is 1.89. The maximum atomic E-state index is 5.15. The molecule has 6 heteroatoms. The van der Waals surface area contributed by atoms with Crippen molar-refractivity contribution in [2.24, 2.45) is 5.92 Å². The van der Waals surface area contributed by atoms with Gasteiger partial charge in [0.25, 0.3) is 5.78 Å². The molecule has 2 aromatic rings. The van der Waals surface area contributed by atoms with Crippen LogP contribution in [0, 0.1) is 5.92 Å². The molecule has 6 nitrogen and oxygen atoms in total. The van der Waals surface area contributed by atoms with Crippen molar-refractivity contribution in [2.75, 3.05) is 12.4 Å². The van der Waals surface area contributed by atoms with Crippen molar-refractivity contribution in [3.05, 3.63) is 18.1 Å². The monoisotopic (exact) mass is 261 g/mol. The maximum absolute atomic E-state index is 5.15. The van der Waals surface area contributed by atoms with Crippen molar-refractivity contribution in [1.82, 2.24) is 19.6 Å². The molecule has 0 amide bonds. The third-order valence-corrected chi connectivity index (χ3v) is 3.64. The molecule has 0 saturated heterocycles. The van der Waals surface area contributed by atoms with Crippen molar-refractivity contribution in [3.8, 4) is 0 Å². The van der Waals surface area contributed by atoms with Gasteiger partial charge in [0.05, 0.1) is 12.3 Å². The van der Waals surface area contributed by atoms with E-state index >= 15 is 0 Å². The minimum absolute atomic E-state index is 0.485. The molecule has 1 saturated carbocycles. The van der Waals surface area contributed by atoms with Crippen molar-refractivity contribution < 1.29 is 4.74 Å². The highest BCUT2D eigenvalue weighted by atomic mass is 16.5. The number of anilines is 1. The van der Waals surface area contributed by atoms with E-state index in [2.05, 4.69) is 27.3 Å². The van der Waals surface area contributed by atoms with Crippen LogP contribution in [-0.2, 0) is 11.3 Å². The van der Waals surface area contributed by atoms with E-state index in [4.69, 9.17) is 4.74 Å². The standard InChI is InChI=1S/C13H19N5O/c1-9-3-4-10(5-9)16-12-6-11(7-19-2)17-13-14-8-15-18(12)13/h6,8-10,16H,3-5,7H2,1-2H3. The van der Waals surface area contributed by atoms with Crippen LogP contribution in [0.2, 0.25) is 0 Å². The number of fused-ring (bicyclic) bond motifs is 1. The van der Waals surface area contributed by atoms with Gasteiger partial charge in [-0.25, -0.2) is 4.98 Å². The van der Waals surface area contributed by atoms with E-state index in [1.54, 1.807) is 11.6 Å². The van der Waals surface area contributed by atoms with Gasteiger partial charge in [-0.05, 0) is 25.2 Å². The number of methoxy groups -OCH3 is 1. The van der Waals surface area contributed by atoms with Crippen LogP contribution in [0.4, 0.5) is 5.82 Å². The quantitative estimate of drug-likeness (QED) is 0.910. The first-order valence-electron chi connectivity index (χ1n) is 6.71. The number of nitrogens with one attached hydrogen (secondary N) is 1. The summed E-state index contributed by atoms with van der Waals surface area (Å²) in [5, 5.41) is 7.78.